The fourth-order valence-electron chi connectivity index (χ4n) is 3.04. The molecule has 0 unspecified atom stereocenters. The van der Waals surface area contributed by atoms with E-state index in [2.05, 4.69) is 42.3 Å². The highest BCUT2D eigenvalue weighted by Crippen LogP contribution is 2.32. The fraction of sp³-hybridized carbons (Fsp3) is 0.556. The topological polar surface area (TPSA) is 45.2 Å². The Bertz CT molecular complexity index is 674. The number of rotatable bonds is 5. The summed E-state index contributed by atoms with van der Waals surface area (Å²) in [6.45, 7) is 6.89. The van der Waals surface area contributed by atoms with E-state index in [1.807, 2.05) is 0 Å². The van der Waals surface area contributed by atoms with Crippen molar-refractivity contribution in [2.24, 2.45) is 5.92 Å². The van der Waals surface area contributed by atoms with Gasteiger partial charge in [0.1, 0.15) is 0 Å². The molecule has 0 radical (unpaired) electrons. The lowest BCUT2D eigenvalue weighted by Crippen LogP contribution is -2.40. The molecule has 1 aromatic carbocycles. The van der Waals surface area contributed by atoms with E-state index in [9.17, 15) is 4.79 Å². The van der Waals surface area contributed by atoms with Crippen molar-refractivity contribution in [1.82, 2.24) is 10.3 Å². The Balaban J connectivity index is 1.64. The standard InChI is InChI=1S/C18H25N3OS/c1-3-9-19-17(22)14-7-10-21(11-8-14)18-20-15-6-5-13(4-2)12-16(15)23-18/h5-6,12,14H,3-4,7-11H2,1-2H3,(H,19,22). The summed E-state index contributed by atoms with van der Waals surface area (Å²) in [7, 11) is 0. The van der Waals surface area contributed by atoms with E-state index in [1.165, 1.54) is 10.3 Å². The van der Waals surface area contributed by atoms with Gasteiger partial charge in [-0.05, 0) is 43.4 Å². The molecule has 1 aromatic heterocycles. The van der Waals surface area contributed by atoms with E-state index < -0.39 is 0 Å². The fourth-order valence-corrected chi connectivity index (χ4v) is 4.12. The third-order valence-electron chi connectivity index (χ3n) is 4.54. The quantitative estimate of drug-likeness (QED) is 0.910. The van der Waals surface area contributed by atoms with Gasteiger partial charge in [0.05, 0.1) is 10.2 Å². The lowest BCUT2D eigenvalue weighted by atomic mass is 9.96. The van der Waals surface area contributed by atoms with Gasteiger partial charge < -0.3 is 10.2 Å². The van der Waals surface area contributed by atoms with Crippen molar-refractivity contribution in [3.63, 3.8) is 0 Å². The van der Waals surface area contributed by atoms with Crippen molar-refractivity contribution in [2.75, 3.05) is 24.5 Å². The molecule has 23 heavy (non-hydrogen) atoms. The second kappa shape index (κ2) is 7.30. The Hall–Kier alpha value is -1.62. The maximum atomic E-state index is 12.1. The molecular formula is C18H25N3OS. The van der Waals surface area contributed by atoms with Gasteiger partial charge in [-0.1, -0.05) is 31.3 Å². The molecule has 1 aliphatic heterocycles. The Kier molecular flexibility index (Phi) is 5.16. The molecule has 5 heteroatoms. The summed E-state index contributed by atoms with van der Waals surface area (Å²) in [6.07, 6.45) is 3.90. The first-order valence-corrected chi connectivity index (χ1v) is 9.45. The van der Waals surface area contributed by atoms with E-state index in [4.69, 9.17) is 4.98 Å². The lowest BCUT2D eigenvalue weighted by Gasteiger charge is -2.31. The largest absolute Gasteiger partial charge is 0.356 e. The van der Waals surface area contributed by atoms with Crippen LogP contribution in [0.1, 0.15) is 38.7 Å². The minimum atomic E-state index is 0.166. The van der Waals surface area contributed by atoms with Crippen molar-refractivity contribution in [3.05, 3.63) is 23.8 Å². The SMILES string of the molecule is CCCNC(=O)C1CCN(c2nc3ccc(CC)cc3s2)CC1. The van der Waals surface area contributed by atoms with Gasteiger partial charge in [-0.25, -0.2) is 4.98 Å². The van der Waals surface area contributed by atoms with Crippen molar-refractivity contribution in [1.29, 1.82) is 0 Å². The minimum absolute atomic E-state index is 0.166. The number of carbonyl (C=O) groups excluding carboxylic acids is 1. The van der Waals surface area contributed by atoms with Crippen LogP contribution in [0.3, 0.4) is 0 Å². The molecule has 0 spiro atoms. The van der Waals surface area contributed by atoms with Crippen LogP contribution in [0.5, 0.6) is 0 Å². The first kappa shape index (κ1) is 16.2. The van der Waals surface area contributed by atoms with Crippen LogP contribution < -0.4 is 10.2 Å². The molecule has 4 nitrogen and oxygen atoms in total. The number of hydrogen-bond donors (Lipinski definition) is 1. The molecule has 1 fully saturated rings. The average molecular weight is 331 g/mol. The van der Waals surface area contributed by atoms with Gasteiger partial charge in [0.2, 0.25) is 5.91 Å². The Morgan fingerprint density at radius 3 is 2.83 bits per heavy atom. The van der Waals surface area contributed by atoms with Crippen LogP contribution >= 0.6 is 11.3 Å². The summed E-state index contributed by atoms with van der Waals surface area (Å²) in [5.74, 6) is 0.391. The predicted octanol–water partition coefficient (Wildman–Crippen LogP) is 3.60. The number of nitrogens with zero attached hydrogens (tertiary/aromatic N) is 2. The number of aryl methyl sites for hydroxylation is 1. The third-order valence-corrected chi connectivity index (χ3v) is 5.61. The van der Waals surface area contributed by atoms with E-state index in [0.29, 0.717) is 0 Å². The number of thiazole rings is 1. The van der Waals surface area contributed by atoms with E-state index in [-0.39, 0.29) is 11.8 Å². The van der Waals surface area contributed by atoms with E-state index in [1.54, 1.807) is 11.3 Å². The zero-order chi connectivity index (χ0) is 16.2. The summed E-state index contributed by atoms with van der Waals surface area (Å²) in [5, 5.41) is 4.12. The molecule has 124 valence electrons. The summed E-state index contributed by atoms with van der Waals surface area (Å²) in [6, 6.07) is 6.54. The first-order chi connectivity index (χ1) is 11.2. The van der Waals surface area contributed by atoms with Crippen LogP contribution in [0.25, 0.3) is 10.2 Å². The molecule has 0 atom stereocenters. The van der Waals surface area contributed by atoms with Gasteiger partial charge in [-0.3, -0.25) is 4.79 Å². The van der Waals surface area contributed by atoms with Crippen molar-refractivity contribution in [3.8, 4) is 0 Å². The number of aromatic nitrogens is 1. The molecule has 2 heterocycles. The van der Waals surface area contributed by atoms with Crippen LogP contribution in [0, 0.1) is 5.92 Å². The second-order valence-corrected chi connectivity index (χ2v) is 7.21. The first-order valence-electron chi connectivity index (χ1n) is 8.63. The van der Waals surface area contributed by atoms with Gasteiger partial charge in [0, 0.05) is 25.6 Å². The normalized spacial score (nSPS) is 16.0. The monoisotopic (exact) mass is 331 g/mol. The highest BCUT2D eigenvalue weighted by atomic mass is 32.1. The highest BCUT2D eigenvalue weighted by Gasteiger charge is 2.26. The van der Waals surface area contributed by atoms with Crippen LogP contribution in [-0.2, 0) is 11.2 Å². The number of nitrogens with one attached hydrogen (secondary N) is 1. The molecular weight excluding hydrogens is 306 g/mol. The summed E-state index contributed by atoms with van der Waals surface area (Å²) < 4.78 is 1.27. The molecule has 0 bridgehead atoms. The summed E-state index contributed by atoms with van der Waals surface area (Å²) in [5.41, 5.74) is 2.45. The number of hydrogen-bond acceptors (Lipinski definition) is 4. The minimum Gasteiger partial charge on any atom is -0.356 e. The van der Waals surface area contributed by atoms with Crippen LogP contribution in [0.4, 0.5) is 5.13 Å². The predicted molar refractivity (Wildman–Crippen MR) is 97.2 cm³/mol. The van der Waals surface area contributed by atoms with E-state index >= 15 is 0 Å². The van der Waals surface area contributed by atoms with E-state index in [0.717, 1.165) is 56.0 Å². The Morgan fingerprint density at radius 2 is 2.13 bits per heavy atom. The number of piperidine rings is 1. The molecule has 1 aliphatic rings. The van der Waals surface area contributed by atoms with Crippen molar-refractivity contribution in [2.45, 2.75) is 39.5 Å². The van der Waals surface area contributed by atoms with Crippen molar-refractivity contribution >= 4 is 32.6 Å². The Labute approximate surface area is 141 Å². The number of benzene rings is 1. The maximum Gasteiger partial charge on any atom is 0.223 e. The second-order valence-electron chi connectivity index (χ2n) is 6.20. The van der Waals surface area contributed by atoms with Crippen LogP contribution in [-0.4, -0.2) is 30.5 Å². The summed E-state index contributed by atoms with van der Waals surface area (Å²) >= 11 is 1.77. The zero-order valence-corrected chi connectivity index (χ0v) is 14.8. The average Bonchev–Trinajstić information content (AvgIpc) is 3.02. The van der Waals surface area contributed by atoms with Gasteiger partial charge in [0.15, 0.2) is 5.13 Å². The van der Waals surface area contributed by atoms with Crippen LogP contribution in [0.15, 0.2) is 18.2 Å². The number of fused-ring (bicyclic) bond motifs is 1. The number of anilines is 1. The molecule has 1 N–H and O–H groups in total. The van der Waals surface area contributed by atoms with Gasteiger partial charge in [-0.15, -0.1) is 0 Å². The molecule has 1 saturated heterocycles. The molecule has 0 aliphatic carbocycles. The number of amides is 1. The Morgan fingerprint density at radius 1 is 1.35 bits per heavy atom. The van der Waals surface area contributed by atoms with Gasteiger partial charge >= 0.3 is 0 Å². The molecule has 1 amide bonds. The van der Waals surface area contributed by atoms with Crippen LogP contribution in [0.2, 0.25) is 0 Å². The number of carbonyl (C=O) groups is 1. The van der Waals surface area contributed by atoms with Gasteiger partial charge in [-0.2, -0.15) is 0 Å². The van der Waals surface area contributed by atoms with Crippen molar-refractivity contribution < 1.29 is 4.79 Å². The lowest BCUT2D eigenvalue weighted by molar-refractivity contribution is -0.125. The highest BCUT2D eigenvalue weighted by molar-refractivity contribution is 7.22. The molecule has 3 rings (SSSR count). The third kappa shape index (κ3) is 3.66. The summed E-state index contributed by atoms with van der Waals surface area (Å²) in [4.78, 5) is 19.2. The molecule has 2 aromatic rings. The molecule has 0 saturated carbocycles. The maximum absolute atomic E-state index is 12.1. The smallest absolute Gasteiger partial charge is 0.223 e. The van der Waals surface area contributed by atoms with Gasteiger partial charge in [0.25, 0.3) is 0 Å². The zero-order valence-electron chi connectivity index (χ0n) is 14.0.